The van der Waals surface area contributed by atoms with E-state index >= 15 is 0 Å². The third kappa shape index (κ3) is 4.13. The van der Waals surface area contributed by atoms with Gasteiger partial charge in [0.25, 0.3) is 0 Å². The van der Waals surface area contributed by atoms with Crippen LogP contribution in [0, 0.1) is 26.7 Å². The molecule has 1 nitrogen and oxygen atoms in total. The number of hydrogen-bond donors (Lipinski definition) is 1. The number of likely N-dealkylation sites (N-methyl/N-ethyl adjacent to an activating group) is 1. The zero-order valence-corrected chi connectivity index (χ0v) is 12.9. The summed E-state index contributed by atoms with van der Waals surface area (Å²) in [7, 11) is 2.09. The molecule has 0 spiro atoms. The molecule has 1 N–H and O–H groups in total. The lowest BCUT2D eigenvalue weighted by Crippen LogP contribution is -2.30. The summed E-state index contributed by atoms with van der Waals surface area (Å²) >= 11 is 0. The van der Waals surface area contributed by atoms with Crippen molar-refractivity contribution in [3.8, 4) is 0 Å². The average molecular weight is 247 g/mol. The van der Waals surface area contributed by atoms with Crippen LogP contribution >= 0.6 is 0 Å². The third-order valence-electron chi connectivity index (χ3n) is 4.08. The van der Waals surface area contributed by atoms with Gasteiger partial charge in [0.1, 0.15) is 0 Å². The molecule has 1 aromatic rings. The molecule has 0 aliphatic heterocycles. The number of rotatable bonds is 6. The van der Waals surface area contributed by atoms with Gasteiger partial charge in [0.05, 0.1) is 0 Å². The molecule has 0 fully saturated rings. The first-order valence-electron chi connectivity index (χ1n) is 7.21. The van der Waals surface area contributed by atoms with Crippen molar-refractivity contribution in [2.24, 2.45) is 5.92 Å². The third-order valence-corrected chi connectivity index (χ3v) is 4.08. The number of nitrogens with one attached hydrogen (secondary N) is 1. The van der Waals surface area contributed by atoms with Crippen molar-refractivity contribution in [2.75, 3.05) is 7.05 Å². The van der Waals surface area contributed by atoms with Crippen LogP contribution in [0.1, 0.15) is 48.9 Å². The van der Waals surface area contributed by atoms with Crippen molar-refractivity contribution >= 4 is 0 Å². The zero-order valence-electron chi connectivity index (χ0n) is 12.9. The van der Waals surface area contributed by atoms with E-state index in [1.54, 1.807) is 0 Å². The quantitative estimate of drug-likeness (QED) is 0.795. The van der Waals surface area contributed by atoms with Gasteiger partial charge in [-0.25, -0.2) is 0 Å². The summed E-state index contributed by atoms with van der Waals surface area (Å²) < 4.78 is 0. The largest absolute Gasteiger partial charge is 0.317 e. The molecule has 1 rings (SSSR count). The molecule has 102 valence electrons. The molecule has 0 aromatic heterocycles. The van der Waals surface area contributed by atoms with E-state index in [9.17, 15) is 0 Å². The first-order valence-corrected chi connectivity index (χ1v) is 7.21. The van der Waals surface area contributed by atoms with Crippen LogP contribution in [0.3, 0.4) is 0 Å². The summed E-state index contributed by atoms with van der Waals surface area (Å²) in [6, 6.07) is 5.21. The van der Waals surface area contributed by atoms with Crippen molar-refractivity contribution in [2.45, 2.75) is 59.9 Å². The molecule has 2 unspecified atom stereocenters. The van der Waals surface area contributed by atoms with E-state index in [1.807, 2.05) is 0 Å². The SMILES string of the molecule is CCC(C)CC(Cc1c(C)cc(C)cc1C)NC. The highest BCUT2D eigenvalue weighted by Gasteiger charge is 2.14. The van der Waals surface area contributed by atoms with Crippen molar-refractivity contribution < 1.29 is 0 Å². The van der Waals surface area contributed by atoms with Crippen LogP contribution in [-0.2, 0) is 6.42 Å². The molecule has 0 saturated heterocycles. The fourth-order valence-corrected chi connectivity index (χ4v) is 2.73. The Labute approximate surface area is 113 Å². The van der Waals surface area contributed by atoms with Gasteiger partial charge < -0.3 is 5.32 Å². The normalized spacial score (nSPS) is 14.6. The van der Waals surface area contributed by atoms with Crippen molar-refractivity contribution in [1.82, 2.24) is 5.32 Å². The van der Waals surface area contributed by atoms with Gasteiger partial charge in [-0.3, -0.25) is 0 Å². The Kier molecular flexibility index (Phi) is 5.87. The second-order valence-electron chi connectivity index (χ2n) is 5.82. The predicted molar refractivity (Wildman–Crippen MR) is 81.3 cm³/mol. The van der Waals surface area contributed by atoms with E-state index in [1.165, 1.54) is 35.1 Å². The van der Waals surface area contributed by atoms with Crippen molar-refractivity contribution in [3.05, 3.63) is 34.4 Å². The number of benzene rings is 1. The van der Waals surface area contributed by atoms with Gasteiger partial charge in [-0.15, -0.1) is 0 Å². The summed E-state index contributed by atoms with van der Waals surface area (Å²) in [5.74, 6) is 0.800. The molecule has 18 heavy (non-hydrogen) atoms. The highest BCUT2D eigenvalue weighted by atomic mass is 14.9. The minimum Gasteiger partial charge on any atom is -0.317 e. The maximum atomic E-state index is 3.48. The maximum Gasteiger partial charge on any atom is 0.0107 e. The number of hydrogen-bond acceptors (Lipinski definition) is 1. The lowest BCUT2D eigenvalue weighted by atomic mass is 9.90. The van der Waals surface area contributed by atoms with Gasteiger partial charge in [-0.05, 0) is 63.3 Å². The topological polar surface area (TPSA) is 12.0 Å². The van der Waals surface area contributed by atoms with Crippen LogP contribution in [0.4, 0.5) is 0 Å². The highest BCUT2D eigenvalue weighted by Crippen LogP contribution is 2.20. The molecule has 1 aromatic carbocycles. The molecule has 0 aliphatic rings. The van der Waals surface area contributed by atoms with Crippen LogP contribution in [0.2, 0.25) is 0 Å². The van der Waals surface area contributed by atoms with Gasteiger partial charge in [-0.2, -0.15) is 0 Å². The van der Waals surface area contributed by atoms with E-state index in [0.717, 1.165) is 12.3 Å². The summed E-state index contributed by atoms with van der Waals surface area (Å²) in [5.41, 5.74) is 5.79. The molecule has 0 radical (unpaired) electrons. The lowest BCUT2D eigenvalue weighted by Gasteiger charge is -2.22. The van der Waals surface area contributed by atoms with E-state index in [0.29, 0.717) is 6.04 Å². The van der Waals surface area contributed by atoms with Gasteiger partial charge in [-0.1, -0.05) is 38.0 Å². The fourth-order valence-electron chi connectivity index (χ4n) is 2.73. The molecule has 1 heteroatoms. The van der Waals surface area contributed by atoms with Crippen LogP contribution in [0.15, 0.2) is 12.1 Å². The number of aryl methyl sites for hydroxylation is 3. The van der Waals surface area contributed by atoms with Gasteiger partial charge in [0.2, 0.25) is 0 Å². The first kappa shape index (κ1) is 15.2. The molecule has 0 aliphatic carbocycles. The van der Waals surface area contributed by atoms with E-state index in [-0.39, 0.29) is 0 Å². The first-order chi connectivity index (χ1) is 8.47. The van der Waals surface area contributed by atoms with Crippen LogP contribution in [0.5, 0.6) is 0 Å². The van der Waals surface area contributed by atoms with E-state index in [2.05, 4.69) is 59.1 Å². The van der Waals surface area contributed by atoms with E-state index < -0.39 is 0 Å². The Morgan fingerprint density at radius 1 is 1.11 bits per heavy atom. The Morgan fingerprint density at radius 2 is 1.67 bits per heavy atom. The Bertz CT molecular complexity index is 358. The van der Waals surface area contributed by atoms with Gasteiger partial charge in [0, 0.05) is 6.04 Å². The van der Waals surface area contributed by atoms with Gasteiger partial charge >= 0.3 is 0 Å². The van der Waals surface area contributed by atoms with Crippen molar-refractivity contribution in [3.63, 3.8) is 0 Å². The molecule has 0 bridgehead atoms. The van der Waals surface area contributed by atoms with Crippen molar-refractivity contribution in [1.29, 1.82) is 0 Å². The Morgan fingerprint density at radius 3 is 2.11 bits per heavy atom. The van der Waals surface area contributed by atoms with Crippen LogP contribution in [-0.4, -0.2) is 13.1 Å². The van der Waals surface area contributed by atoms with Gasteiger partial charge in [0.15, 0.2) is 0 Å². The standard InChI is InChI=1S/C17H29N/c1-7-12(2)10-16(18-6)11-17-14(4)8-13(3)9-15(17)5/h8-9,12,16,18H,7,10-11H2,1-6H3. The summed E-state index contributed by atoms with van der Waals surface area (Å²) in [6.07, 6.45) is 3.68. The Hall–Kier alpha value is -0.820. The van der Waals surface area contributed by atoms with Crippen LogP contribution in [0.25, 0.3) is 0 Å². The monoisotopic (exact) mass is 247 g/mol. The molecular weight excluding hydrogens is 218 g/mol. The van der Waals surface area contributed by atoms with E-state index in [4.69, 9.17) is 0 Å². The summed E-state index contributed by atoms with van der Waals surface area (Å²) in [6.45, 7) is 11.3. The molecular formula is C17H29N. The average Bonchev–Trinajstić information content (AvgIpc) is 2.31. The summed E-state index contributed by atoms with van der Waals surface area (Å²) in [5, 5.41) is 3.48. The zero-order chi connectivity index (χ0) is 13.7. The predicted octanol–water partition coefficient (Wildman–Crippen LogP) is 4.18. The minimum atomic E-state index is 0.597. The Balaban J connectivity index is 2.82. The molecule has 0 heterocycles. The second-order valence-corrected chi connectivity index (χ2v) is 5.82. The molecule has 0 amide bonds. The highest BCUT2D eigenvalue weighted by molar-refractivity contribution is 5.38. The van der Waals surface area contributed by atoms with Crippen LogP contribution < -0.4 is 5.32 Å². The molecule has 0 saturated carbocycles. The minimum absolute atomic E-state index is 0.597. The fraction of sp³-hybridized carbons (Fsp3) is 0.647. The second kappa shape index (κ2) is 6.94. The maximum absolute atomic E-state index is 3.48. The lowest BCUT2D eigenvalue weighted by molar-refractivity contribution is 0.409. The smallest absolute Gasteiger partial charge is 0.0107 e. The molecule has 2 atom stereocenters. The summed E-state index contributed by atoms with van der Waals surface area (Å²) in [4.78, 5) is 0.